The molecule has 1 aliphatic carbocycles. The van der Waals surface area contributed by atoms with E-state index < -0.39 is 23.2 Å². The lowest BCUT2D eigenvalue weighted by atomic mass is 10.00. The van der Waals surface area contributed by atoms with Gasteiger partial charge in [-0.05, 0) is 43.0 Å². The van der Waals surface area contributed by atoms with E-state index in [4.69, 9.17) is 23.2 Å². The number of carbonyl (C=O) groups excluding carboxylic acids is 1. The molecular weight excluding hydrogens is 438 g/mol. The second-order valence-electron chi connectivity index (χ2n) is 7.46. The third-order valence-electron chi connectivity index (χ3n) is 5.11. The Kier molecular flexibility index (Phi) is 7.47. The monoisotopic (exact) mass is 459 g/mol. The highest BCUT2D eigenvalue weighted by Gasteiger charge is 2.36. The van der Waals surface area contributed by atoms with E-state index in [1.54, 1.807) is 0 Å². The van der Waals surface area contributed by atoms with Gasteiger partial charge in [0.05, 0.1) is 11.1 Å². The highest BCUT2D eigenvalue weighted by molar-refractivity contribution is 6.35. The van der Waals surface area contributed by atoms with Crippen molar-refractivity contribution in [2.75, 3.05) is 11.9 Å². The van der Waals surface area contributed by atoms with Gasteiger partial charge in [-0.25, -0.2) is 4.98 Å². The van der Waals surface area contributed by atoms with Crippen molar-refractivity contribution in [2.45, 2.75) is 44.7 Å². The molecule has 1 amide bonds. The normalized spacial score (nSPS) is 15.5. The summed E-state index contributed by atoms with van der Waals surface area (Å²) in [5, 5.41) is 6.06. The van der Waals surface area contributed by atoms with Gasteiger partial charge in [-0.15, -0.1) is 0 Å². The van der Waals surface area contributed by atoms with Gasteiger partial charge in [0.2, 0.25) is 0 Å². The fourth-order valence-corrected chi connectivity index (χ4v) is 4.14. The van der Waals surface area contributed by atoms with Gasteiger partial charge in [-0.1, -0.05) is 48.9 Å². The zero-order chi connectivity index (χ0) is 21.7. The van der Waals surface area contributed by atoms with Crippen molar-refractivity contribution in [1.82, 2.24) is 10.3 Å². The standard InChI is InChI=1S/C21H22Cl2F3N3O/c22-14-7-15(23)9-16(8-14)29-19-10-18(21(24,25)26)17(12-27-19)20(30)28-11-13-5-3-1-2-4-6-13/h7-10,12-13H,1-6,11H2,(H,27,29)(H,28,30). The van der Waals surface area contributed by atoms with Crippen LogP contribution in [-0.2, 0) is 6.18 Å². The van der Waals surface area contributed by atoms with E-state index in [9.17, 15) is 18.0 Å². The molecule has 1 fully saturated rings. The number of halogens is 5. The van der Waals surface area contributed by atoms with Crippen LogP contribution < -0.4 is 10.6 Å². The van der Waals surface area contributed by atoms with E-state index in [1.165, 1.54) is 31.0 Å². The molecule has 162 valence electrons. The third-order valence-corrected chi connectivity index (χ3v) is 5.55. The van der Waals surface area contributed by atoms with Gasteiger partial charge < -0.3 is 10.6 Å². The SMILES string of the molecule is O=C(NCC1CCCCCC1)c1cnc(Nc2cc(Cl)cc(Cl)c2)cc1C(F)(F)F. The van der Waals surface area contributed by atoms with Gasteiger partial charge in [0.15, 0.2) is 0 Å². The number of hydrogen-bond donors (Lipinski definition) is 2. The number of aromatic nitrogens is 1. The van der Waals surface area contributed by atoms with Crippen molar-refractivity contribution in [3.8, 4) is 0 Å². The number of benzene rings is 1. The number of rotatable bonds is 5. The average molecular weight is 460 g/mol. The van der Waals surface area contributed by atoms with E-state index in [1.807, 2.05) is 0 Å². The molecule has 30 heavy (non-hydrogen) atoms. The minimum atomic E-state index is -4.71. The quantitative estimate of drug-likeness (QED) is 0.480. The largest absolute Gasteiger partial charge is 0.417 e. The Labute approximate surface area is 183 Å². The Morgan fingerprint density at radius 3 is 2.27 bits per heavy atom. The van der Waals surface area contributed by atoms with Crippen LogP contribution >= 0.6 is 23.2 Å². The summed E-state index contributed by atoms with van der Waals surface area (Å²) in [6.45, 7) is 0.372. The maximum atomic E-state index is 13.6. The number of nitrogens with zero attached hydrogens (tertiary/aromatic N) is 1. The van der Waals surface area contributed by atoms with Crippen molar-refractivity contribution >= 4 is 40.6 Å². The molecule has 0 radical (unpaired) electrons. The second-order valence-corrected chi connectivity index (χ2v) is 8.34. The fourth-order valence-electron chi connectivity index (χ4n) is 3.61. The maximum absolute atomic E-state index is 13.6. The number of anilines is 2. The molecule has 0 aliphatic heterocycles. The molecule has 1 aromatic carbocycles. The first-order valence-corrected chi connectivity index (χ1v) is 10.6. The molecule has 1 heterocycles. The molecule has 3 rings (SSSR count). The summed E-state index contributed by atoms with van der Waals surface area (Å²) in [5.41, 5.74) is -1.16. The van der Waals surface area contributed by atoms with Crippen LogP contribution in [0.3, 0.4) is 0 Å². The molecule has 1 saturated carbocycles. The Bertz CT molecular complexity index is 877. The average Bonchev–Trinajstić information content (AvgIpc) is 2.93. The first kappa shape index (κ1) is 22.7. The van der Waals surface area contributed by atoms with Crippen LogP contribution in [0.4, 0.5) is 24.7 Å². The minimum absolute atomic E-state index is 0.0685. The third kappa shape index (κ3) is 6.25. The molecule has 0 unspecified atom stereocenters. The van der Waals surface area contributed by atoms with Gasteiger partial charge in [-0.2, -0.15) is 13.2 Å². The summed E-state index contributed by atoms with van der Waals surface area (Å²) in [5.74, 6) is -0.537. The van der Waals surface area contributed by atoms with Crippen molar-refractivity contribution in [2.24, 2.45) is 5.92 Å². The smallest absolute Gasteiger partial charge is 0.352 e. The molecule has 0 bridgehead atoms. The Balaban J connectivity index is 1.77. The molecule has 4 nitrogen and oxygen atoms in total. The highest BCUT2D eigenvalue weighted by atomic mass is 35.5. The molecule has 2 N–H and O–H groups in total. The van der Waals surface area contributed by atoms with Crippen LogP contribution in [0.2, 0.25) is 10.0 Å². The maximum Gasteiger partial charge on any atom is 0.417 e. The molecule has 0 atom stereocenters. The van der Waals surface area contributed by atoms with Gasteiger partial charge >= 0.3 is 6.18 Å². The van der Waals surface area contributed by atoms with E-state index in [-0.39, 0.29) is 5.82 Å². The van der Waals surface area contributed by atoms with Crippen LogP contribution in [0.1, 0.15) is 54.4 Å². The Morgan fingerprint density at radius 2 is 1.67 bits per heavy atom. The van der Waals surface area contributed by atoms with Crippen molar-refractivity contribution < 1.29 is 18.0 Å². The zero-order valence-corrected chi connectivity index (χ0v) is 17.7. The lowest BCUT2D eigenvalue weighted by molar-refractivity contribution is -0.137. The fraction of sp³-hybridized carbons (Fsp3) is 0.429. The number of pyridine rings is 1. The summed E-state index contributed by atoms with van der Waals surface area (Å²) in [7, 11) is 0. The molecule has 0 spiro atoms. The van der Waals surface area contributed by atoms with Crippen LogP contribution in [0, 0.1) is 5.92 Å². The summed E-state index contributed by atoms with van der Waals surface area (Å²) in [6.07, 6.45) is 2.71. The van der Waals surface area contributed by atoms with Gasteiger partial charge in [0, 0.05) is 28.5 Å². The summed E-state index contributed by atoms with van der Waals surface area (Å²) in [4.78, 5) is 16.5. The molecule has 1 aliphatic rings. The molecule has 0 saturated heterocycles. The first-order valence-electron chi connectivity index (χ1n) is 9.81. The lowest BCUT2D eigenvalue weighted by Gasteiger charge is -2.17. The van der Waals surface area contributed by atoms with Crippen molar-refractivity contribution in [3.05, 3.63) is 51.6 Å². The predicted molar refractivity (Wildman–Crippen MR) is 113 cm³/mol. The molecule has 9 heteroatoms. The van der Waals surface area contributed by atoms with Crippen molar-refractivity contribution in [1.29, 1.82) is 0 Å². The summed E-state index contributed by atoms with van der Waals surface area (Å²) in [6, 6.07) is 5.34. The first-order chi connectivity index (χ1) is 14.2. The zero-order valence-electron chi connectivity index (χ0n) is 16.2. The number of nitrogens with one attached hydrogen (secondary N) is 2. The highest BCUT2D eigenvalue weighted by Crippen LogP contribution is 2.34. The number of amides is 1. The van der Waals surface area contributed by atoms with Gasteiger partial charge in [0.1, 0.15) is 5.82 Å². The van der Waals surface area contributed by atoms with Crippen LogP contribution in [0.15, 0.2) is 30.5 Å². The number of carbonyl (C=O) groups is 1. The van der Waals surface area contributed by atoms with E-state index in [2.05, 4.69) is 15.6 Å². The van der Waals surface area contributed by atoms with E-state index in [0.717, 1.165) is 37.9 Å². The van der Waals surface area contributed by atoms with Gasteiger partial charge in [-0.3, -0.25) is 4.79 Å². The Hall–Kier alpha value is -1.99. The summed E-state index contributed by atoms with van der Waals surface area (Å²) < 4.78 is 40.9. The van der Waals surface area contributed by atoms with Crippen LogP contribution in [0.25, 0.3) is 0 Å². The topological polar surface area (TPSA) is 54.0 Å². The minimum Gasteiger partial charge on any atom is -0.352 e. The molecule has 1 aromatic heterocycles. The van der Waals surface area contributed by atoms with Crippen LogP contribution in [0.5, 0.6) is 0 Å². The van der Waals surface area contributed by atoms with Gasteiger partial charge in [0.25, 0.3) is 5.91 Å². The Morgan fingerprint density at radius 1 is 1.03 bits per heavy atom. The predicted octanol–water partition coefficient (Wildman–Crippen LogP) is 6.85. The molecule has 2 aromatic rings. The van der Waals surface area contributed by atoms with E-state index >= 15 is 0 Å². The summed E-state index contributed by atoms with van der Waals surface area (Å²) >= 11 is 11.8. The number of alkyl halides is 3. The van der Waals surface area contributed by atoms with E-state index in [0.29, 0.717) is 28.2 Å². The second kappa shape index (κ2) is 9.88. The number of hydrogen-bond acceptors (Lipinski definition) is 3. The van der Waals surface area contributed by atoms with Crippen LogP contribution in [-0.4, -0.2) is 17.4 Å². The van der Waals surface area contributed by atoms with Crippen molar-refractivity contribution in [3.63, 3.8) is 0 Å². The lowest BCUT2D eigenvalue weighted by Crippen LogP contribution is -2.31. The molecular formula is C21H22Cl2F3N3O.